The lowest BCUT2D eigenvalue weighted by Crippen LogP contribution is -2.13. The molecule has 2 aromatic rings. The van der Waals surface area contributed by atoms with Gasteiger partial charge in [-0.25, -0.2) is 0 Å². The topological polar surface area (TPSA) is 15.3 Å². The van der Waals surface area contributed by atoms with E-state index in [1.54, 1.807) is 0 Å². The Morgan fingerprint density at radius 1 is 1.10 bits per heavy atom. The van der Waals surface area contributed by atoms with Crippen LogP contribution in [-0.2, 0) is 19.5 Å². The second-order valence-electron chi connectivity index (χ2n) is 5.37. The zero-order chi connectivity index (χ0) is 13.9. The first-order valence-corrected chi connectivity index (χ1v) is 7.38. The van der Waals surface area contributed by atoms with Crippen LogP contribution in [0.4, 0.5) is 5.69 Å². The van der Waals surface area contributed by atoms with Crippen molar-refractivity contribution in [2.45, 2.75) is 19.5 Å². The Morgan fingerprint density at radius 2 is 1.90 bits per heavy atom. The van der Waals surface area contributed by atoms with Crippen molar-refractivity contribution in [3.63, 3.8) is 0 Å². The van der Waals surface area contributed by atoms with E-state index in [-0.39, 0.29) is 0 Å². The molecule has 2 nitrogen and oxygen atoms in total. The molecule has 0 amide bonds. The second kappa shape index (κ2) is 5.86. The highest BCUT2D eigenvalue weighted by molar-refractivity contribution is 6.30. The Labute approximate surface area is 125 Å². The minimum atomic E-state index is 0.796. The van der Waals surface area contributed by atoms with Crippen LogP contribution in [-0.4, -0.2) is 13.6 Å². The van der Waals surface area contributed by atoms with Gasteiger partial charge < -0.3 is 10.2 Å². The fourth-order valence-electron chi connectivity index (χ4n) is 2.73. The first kappa shape index (κ1) is 13.5. The van der Waals surface area contributed by atoms with E-state index in [9.17, 15) is 0 Å². The first-order chi connectivity index (χ1) is 9.72. The summed E-state index contributed by atoms with van der Waals surface area (Å²) in [5.74, 6) is 0. The molecule has 0 unspecified atom stereocenters. The van der Waals surface area contributed by atoms with E-state index < -0.39 is 0 Å². The lowest BCUT2D eigenvalue weighted by Gasteiger charge is -2.12. The maximum absolute atomic E-state index is 5.99. The Balaban J connectivity index is 1.59. The summed E-state index contributed by atoms with van der Waals surface area (Å²) < 4.78 is 0. The van der Waals surface area contributed by atoms with Gasteiger partial charge in [0.2, 0.25) is 0 Å². The van der Waals surface area contributed by atoms with Crippen molar-refractivity contribution in [1.82, 2.24) is 5.32 Å². The van der Waals surface area contributed by atoms with Crippen molar-refractivity contribution in [3.8, 4) is 0 Å². The van der Waals surface area contributed by atoms with Crippen molar-refractivity contribution in [2.75, 3.05) is 18.5 Å². The maximum Gasteiger partial charge on any atom is 0.0409 e. The summed E-state index contributed by atoms with van der Waals surface area (Å²) in [6.07, 6.45) is 1.16. The standard InChI is InChI=1S/C17H19ClN2/c1-20-8-7-15-9-14(5-6-17(15)20)12-19-11-13-3-2-4-16(18)10-13/h2-6,9-10,19H,7-8,11-12H2,1H3. The van der Waals surface area contributed by atoms with E-state index in [2.05, 4.69) is 41.5 Å². The van der Waals surface area contributed by atoms with Gasteiger partial charge in [-0.3, -0.25) is 0 Å². The number of halogens is 1. The molecule has 1 heterocycles. The molecule has 0 saturated carbocycles. The molecule has 0 atom stereocenters. The number of rotatable bonds is 4. The number of fused-ring (bicyclic) bond motifs is 1. The average Bonchev–Trinajstić information content (AvgIpc) is 2.80. The Bertz CT molecular complexity index is 610. The zero-order valence-electron chi connectivity index (χ0n) is 11.7. The fourth-order valence-corrected chi connectivity index (χ4v) is 2.94. The SMILES string of the molecule is CN1CCc2cc(CNCc3cccc(Cl)c3)ccc21. The van der Waals surface area contributed by atoms with Gasteiger partial charge in [0, 0.05) is 37.4 Å². The molecule has 3 heteroatoms. The predicted octanol–water partition coefficient (Wildman–Crippen LogP) is 3.62. The Kier molecular flexibility index (Phi) is 3.95. The van der Waals surface area contributed by atoms with Gasteiger partial charge in [0.15, 0.2) is 0 Å². The largest absolute Gasteiger partial charge is 0.374 e. The molecule has 0 fully saturated rings. The summed E-state index contributed by atoms with van der Waals surface area (Å²) in [6, 6.07) is 14.8. The number of hydrogen-bond acceptors (Lipinski definition) is 2. The Morgan fingerprint density at radius 3 is 2.70 bits per heavy atom. The molecule has 2 aromatic carbocycles. The number of likely N-dealkylation sites (N-methyl/N-ethyl adjacent to an activating group) is 1. The van der Waals surface area contributed by atoms with Crippen LogP contribution in [0, 0.1) is 0 Å². The molecule has 104 valence electrons. The van der Waals surface area contributed by atoms with Gasteiger partial charge in [-0.1, -0.05) is 35.9 Å². The third-order valence-corrected chi connectivity index (χ3v) is 4.05. The molecule has 1 aliphatic heterocycles. The van der Waals surface area contributed by atoms with Crippen LogP contribution in [0.3, 0.4) is 0 Å². The summed E-state index contributed by atoms with van der Waals surface area (Å²) in [5.41, 5.74) is 5.41. The van der Waals surface area contributed by atoms with Crippen LogP contribution >= 0.6 is 11.6 Å². The molecule has 0 radical (unpaired) electrons. The summed E-state index contributed by atoms with van der Waals surface area (Å²) in [7, 11) is 2.16. The van der Waals surface area contributed by atoms with Crippen LogP contribution in [0.15, 0.2) is 42.5 Å². The number of nitrogens with one attached hydrogen (secondary N) is 1. The lowest BCUT2D eigenvalue weighted by atomic mass is 10.1. The molecule has 0 aliphatic carbocycles. The van der Waals surface area contributed by atoms with Gasteiger partial charge in [-0.05, 0) is 41.3 Å². The lowest BCUT2D eigenvalue weighted by molar-refractivity contribution is 0.693. The molecule has 1 aliphatic rings. The summed E-state index contributed by atoms with van der Waals surface area (Å²) >= 11 is 5.99. The van der Waals surface area contributed by atoms with Crippen LogP contribution in [0.5, 0.6) is 0 Å². The van der Waals surface area contributed by atoms with E-state index in [1.807, 2.05) is 18.2 Å². The molecule has 20 heavy (non-hydrogen) atoms. The minimum Gasteiger partial charge on any atom is -0.374 e. The van der Waals surface area contributed by atoms with Crippen molar-refractivity contribution in [2.24, 2.45) is 0 Å². The van der Waals surface area contributed by atoms with Crippen LogP contribution in [0.25, 0.3) is 0 Å². The maximum atomic E-state index is 5.99. The third-order valence-electron chi connectivity index (χ3n) is 3.82. The Hall–Kier alpha value is -1.51. The van der Waals surface area contributed by atoms with E-state index in [0.29, 0.717) is 0 Å². The van der Waals surface area contributed by atoms with E-state index in [1.165, 1.54) is 22.4 Å². The van der Waals surface area contributed by atoms with Gasteiger partial charge in [-0.2, -0.15) is 0 Å². The van der Waals surface area contributed by atoms with Crippen LogP contribution < -0.4 is 10.2 Å². The van der Waals surface area contributed by atoms with Crippen molar-refractivity contribution in [3.05, 3.63) is 64.2 Å². The van der Waals surface area contributed by atoms with Gasteiger partial charge in [0.05, 0.1) is 0 Å². The zero-order valence-corrected chi connectivity index (χ0v) is 12.5. The van der Waals surface area contributed by atoms with Gasteiger partial charge in [-0.15, -0.1) is 0 Å². The molecule has 3 rings (SSSR count). The monoisotopic (exact) mass is 286 g/mol. The van der Waals surface area contributed by atoms with Crippen molar-refractivity contribution in [1.29, 1.82) is 0 Å². The quantitative estimate of drug-likeness (QED) is 0.923. The van der Waals surface area contributed by atoms with E-state index in [4.69, 9.17) is 11.6 Å². The first-order valence-electron chi connectivity index (χ1n) is 7.00. The average molecular weight is 287 g/mol. The van der Waals surface area contributed by atoms with Gasteiger partial charge in [0.25, 0.3) is 0 Å². The highest BCUT2D eigenvalue weighted by Gasteiger charge is 2.15. The molecular formula is C17H19ClN2. The highest BCUT2D eigenvalue weighted by atomic mass is 35.5. The third kappa shape index (κ3) is 2.97. The molecule has 1 N–H and O–H groups in total. The molecular weight excluding hydrogens is 268 g/mol. The highest BCUT2D eigenvalue weighted by Crippen LogP contribution is 2.27. The molecule has 0 bridgehead atoms. The van der Waals surface area contributed by atoms with Crippen LogP contribution in [0.1, 0.15) is 16.7 Å². The number of hydrogen-bond donors (Lipinski definition) is 1. The summed E-state index contributed by atoms with van der Waals surface area (Å²) in [6.45, 7) is 2.87. The number of nitrogens with zero attached hydrogens (tertiary/aromatic N) is 1. The minimum absolute atomic E-state index is 0.796. The molecule has 0 aromatic heterocycles. The van der Waals surface area contributed by atoms with Gasteiger partial charge >= 0.3 is 0 Å². The van der Waals surface area contributed by atoms with Crippen LogP contribution in [0.2, 0.25) is 5.02 Å². The van der Waals surface area contributed by atoms with E-state index in [0.717, 1.165) is 31.1 Å². The normalized spacial score (nSPS) is 13.6. The molecule has 0 spiro atoms. The second-order valence-corrected chi connectivity index (χ2v) is 5.80. The number of benzene rings is 2. The predicted molar refractivity (Wildman–Crippen MR) is 85.4 cm³/mol. The van der Waals surface area contributed by atoms with Crippen molar-refractivity contribution >= 4 is 17.3 Å². The number of anilines is 1. The van der Waals surface area contributed by atoms with Crippen molar-refractivity contribution < 1.29 is 0 Å². The smallest absolute Gasteiger partial charge is 0.0409 e. The molecule has 0 saturated heterocycles. The van der Waals surface area contributed by atoms with Gasteiger partial charge in [0.1, 0.15) is 0 Å². The summed E-state index contributed by atoms with van der Waals surface area (Å²) in [4.78, 5) is 2.32. The van der Waals surface area contributed by atoms with E-state index >= 15 is 0 Å². The summed E-state index contributed by atoms with van der Waals surface area (Å²) in [5, 5.41) is 4.27. The fraction of sp³-hybridized carbons (Fsp3) is 0.294.